The van der Waals surface area contributed by atoms with E-state index in [4.69, 9.17) is 14.2 Å². The third-order valence-corrected chi connectivity index (χ3v) is 2.58. The van der Waals surface area contributed by atoms with Crippen LogP contribution in [-0.4, -0.2) is 46.1 Å². The van der Waals surface area contributed by atoms with Crippen molar-refractivity contribution in [3.8, 4) is 11.5 Å². The molecule has 1 aromatic rings. The Hall–Kier alpha value is -1.95. The molecule has 0 saturated carbocycles. The van der Waals surface area contributed by atoms with Crippen LogP contribution in [0.15, 0.2) is 24.3 Å². The van der Waals surface area contributed by atoms with Crippen LogP contribution in [0.5, 0.6) is 11.5 Å². The van der Waals surface area contributed by atoms with Crippen LogP contribution in [0.1, 0.15) is 13.3 Å². The summed E-state index contributed by atoms with van der Waals surface area (Å²) in [5, 5.41) is 5.46. The fraction of sp³-hybridized carbons (Fsp3) is 0.533. The van der Waals surface area contributed by atoms with Crippen molar-refractivity contribution in [3.05, 3.63) is 24.3 Å². The van der Waals surface area contributed by atoms with Crippen LogP contribution in [0.25, 0.3) is 0 Å². The lowest BCUT2D eigenvalue weighted by Crippen LogP contribution is -2.38. The fourth-order valence-electron chi connectivity index (χ4n) is 1.63. The molecule has 0 radical (unpaired) electrons. The summed E-state index contributed by atoms with van der Waals surface area (Å²) < 4.78 is 15.8. The van der Waals surface area contributed by atoms with Crippen LogP contribution >= 0.6 is 0 Å². The lowest BCUT2D eigenvalue weighted by Gasteiger charge is -2.10. The van der Waals surface area contributed by atoms with E-state index in [-0.39, 0.29) is 6.03 Å². The van der Waals surface area contributed by atoms with E-state index in [1.807, 2.05) is 31.2 Å². The second kappa shape index (κ2) is 10.8. The van der Waals surface area contributed by atoms with Gasteiger partial charge in [-0.05, 0) is 25.5 Å². The number of hydrogen-bond acceptors (Lipinski definition) is 4. The third kappa shape index (κ3) is 8.04. The maximum Gasteiger partial charge on any atom is 0.314 e. The number of carbonyl (C=O) groups is 1. The van der Waals surface area contributed by atoms with Crippen LogP contribution in [-0.2, 0) is 4.74 Å². The molecule has 21 heavy (non-hydrogen) atoms. The minimum absolute atomic E-state index is 0.197. The Morgan fingerprint density at radius 1 is 1.10 bits per heavy atom. The molecule has 0 heterocycles. The predicted octanol–water partition coefficient (Wildman–Crippen LogP) is 1.80. The molecule has 118 valence electrons. The van der Waals surface area contributed by atoms with Gasteiger partial charge >= 0.3 is 6.03 Å². The lowest BCUT2D eigenvalue weighted by atomic mass is 10.3. The SMILES string of the molecule is CCOc1cccc(OCCNC(=O)NCCCOC)c1. The van der Waals surface area contributed by atoms with Gasteiger partial charge in [-0.15, -0.1) is 0 Å². The van der Waals surface area contributed by atoms with Crippen molar-refractivity contribution in [3.63, 3.8) is 0 Å². The summed E-state index contributed by atoms with van der Waals surface area (Å²) in [7, 11) is 1.64. The van der Waals surface area contributed by atoms with Crippen molar-refractivity contribution < 1.29 is 19.0 Å². The molecule has 0 aromatic heterocycles. The molecule has 6 heteroatoms. The van der Waals surface area contributed by atoms with Gasteiger partial charge in [0.2, 0.25) is 0 Å². The first-order valence-corrected chi connectivity index (χ1v) is 7.12. The summed E-state index contributed by atoms with van der Waals surface area (Å²) in [5.74, 6) is 1.50. The van der Waals surface area contributed by atoms with E-state index >= 15 is 0 Å². The molecule has 0 unspecified atom stereocenters. The van der Waals surface area contributed by atoms with Gasteiger partial charge in [-0.3, -0.25) is 0 Å². The molecule has 0 fully saturated rings. The molecule has 0 aliphatic rings. The Morgan fingerprint density at radius 2 is 1.81 bits per heavy atom. The Bertz CT molecular complexity index is 412. The quantitative estimate of drug-likeness (QED) is 0.646. The van der Waals surface area contributed by atoms with E-state index in [0.29, 0.717) is 32.9 Å². The number of rotatable bonds is 10. The van der Waals surface area contributed by atoms with Gasteiger partial charge in [-0.2, -0.15) is 0 Å². The smallest absolute Gasteiger partial charge is 0.314 e. The van der Waals surface area contributed by atoms with Crippen molar-refractivity contribution in [1.82, 2.24) is 10.6 Å². The van der Waals surface area contributed by atoms with Crippen LogP contribution < -0.4 is 20.1 Å². The van der Waals surface area contributed by atoms with E-state index in [2.05, 4.69) is 10.6 Å². The number of benzene rings is 1. The van der Waals surface area contributed by atoms with E-state index < -0.39 is 0 Å². The first-order chi connectivity index (χ1) is 10.3. The molecular formula is C15H24N2O4. The standard InChI is InChI=1S/C15H24N2O4/c1-3-20-13-6-4-7-14(12-13)21-11-9-17-15(18)16-8-5-10-19-2/h4,6-7,12H,3,5,8-11H2,1-2H3,(H2,16,17,18). The van der Waals surface area contributed by atoms with Crippen molar-refractivity contribution in [1.29, 1.82) is 0 Å². The Kier molecular flexibility index (Phi) is 8.79. The van der Waals surface area contributed by atoms with Gasteiger partial charge < -0.3 is 24.8 Å². The van der Waals surface area contributed by atoms with Gasteiger partial charge in [0.15, 0.2) is 0 Å². The second-order valence-corrected chi connectivity index (χ2v) is 4.29. The Morgan fingerprint density at radius 3 is 2.52 bits per heavy atom. The molecule has 0 spiro atoms. The number of carbonyl (C=O) groups excluding carboxylic acids is 1. The number of amides is 2. The van der Waals surface area contributed by atoms with Gasteiger partial charge in [0.1, 0.15) is 18.1 Å². The van der Waals surface area contributed by atoms with Crippen LogP contribution in [0.2, 0.25) is 0 Å². The highest BCUT2D eigenvalue weighted by Crippen LogP contribution is 2.18. The average Bonchev–Trinajstić information content (AvgIpc) is 2.49. The first kappa shape index (κ1) is 17.1. The molecule has 2 N–H and O–H groups in total. The highest BCUT2D eigenvalue weighted by molar-refractivity contribution is 5.73. The topological polar surface area (TPSA) is 68.8 Å². The van der Waals surface area contributed by atoms with Crippen molar-refractivity contribution in [2.24, 2.45) is 0 Å². The van der Waals surface area contributed by atoms with E-state index in [1.165, 1.54) is 0 Å². The fourth-order valence-corrected chi connectivity index (χ4v) is 1.63. The van der Waals surface area contributed by atoms with Gasteiger partial charge in [0, 0.05) is 26.3 Å². The highest BCUT2D eigenvalue weighted by atomic mass is 16.5. The molecule has 2 amide bonds. The van der Waals surface area contributed by atoms with E-state index in [9.17, 15) is 4.79 Å². The molecule has 0 aliphatic carbocycles. The lowest BCUT2D eigenvalue weighted by molar-refractivity contribution is 0.193. The van der Waals surface area contributed by atoms with E-state index in [0.717, 1.165) is 17.9 Å². The van der Waals surface area contributed by atoms with Crippen molar-refractivity contribution >= 4 is 6.03 Å². The summed E-state index contributed by atoms with van der Waals surface area (Å²) in [6.07, 6.45) is 0.796. The maximum atomic E-state index is 11.4. The zero-order valence-corrected chi connectivity index (χ0v) is 12.7. The van der Waals surface area contributed by atoms with Crippen LogP contribution in [0, 0.1) is 0 Å². The molecular weight excluding hydrogens is 272 g/mol. The Labute approximate surface area is 125 Å². The normalized spacial score (nSPS) is 10.0. The van der Waals surface area contributed by atoms with Gasteiger partial charge in [0.25, 0.3) is 0 Å². The summed E-state index contributed by atoms with van der Waals surface area (Å²) in [6.45, 7) is 4.63. The van der Waals surface area contributed by atoms with Crippen molar-refractivity contribution in [2.45, 2.75) is 13.3 Å². The van der Waals surface area contributed by atoms with E-state index in [1.54, 1.807) is 7.11 Å². The van der Waals surface area contributed by atoms with Crippen LogP contribution in [0.4, 0.5) is 4.79 Å². The number of nitrogens with one attached hydrogen (secondary N) is 2. The largest absolute Gasteiger partial charge is 0.494 e. The van der Waals surface area contributed by atoms with Gasteiger partial charge in [0.05, 0.1) is 13.2 Å². The molecule has 0 aliphatic heterocycles. The monoisotopic (exact) mass is 296 g/mol. The molecule has 6 nitrogen and oxygen atoms in total. The average molecular weight is 296 g/mol. The first-order valence-electron chi connectivity index (χ1n) is 7.12. The number of urea groups is 1. The minimum atomic E-state index is -0.197. The number of hydrogen-bond donors (Lipinski definition) is 2. The molecule has 0 bridgehead atoms. The number of methoxy groups -OCH3 is 1. The summed E-state index contributed by atoms with van der Waals surface area (Å²) in [5.41, 5.74) is 0. The maximum absolute atomic E-state index is 11.4. The van der Waals surface area contributed by atoms with Crippen molar-refractivity contribution in [2.75, 3.05) is 40.0 Å². The number of ether oxygens (including phenoxy) is 3. The summed E-state index contributed by atoms with van der Waals surface area (Å²) >= 11 is 0. The zero-order valence-electron chi connectivity index (χ0n) is 12.7. The zero-order chi connectivity index (χ0) is 15.3. The van der Waals surface area contributed by atoms with Gasteiger partial charge in [-0.1, -0.05) is 6.07 Å². The molecule has 1 aromatic carbocycles. The predicted molar refractivity (Wildman–Crippen MR) is 81.0 cm³/mol. The summed E-state index contributed by atoms with van der Waals surface area (Å²) in [4.78, 5) is 11.4. The van der Waals surface area contributed by atoms with Crippen LogP contribution in [0.3, 0.4) is 0 Å². The molecule has 0 atom stereocenters. The minimum Gasteiger partial charge on any atom is -0.494 e. The molecule has 0 saturated heterocycles. The summed E-state index contributed by atoms with van der Waals surface area (Å²) in [6, 6.07) is 7.23. The Balaban J connectivity index is 2.13. The third-order valence-electron chi connectivity index (χ3n) is 2.58. The van der Waals surface area contributed by atoms with Gasteiger partial charge in [-0.25, -0.2) is 4.79 Å². The highest BCUT2D eigenvalue weighted by Gasteiger charge is 2.00. The molecule has 1 rings (SSSR count). The second-order valence-electron chi connectivity index (χ2n) is 4.29.